The monoisotopic (exact) mass is 316 g/mol. The zero-order valence-electron chi connectivity index (χ0n) is 15.2. The van der Waals surface area contributed by atoms with Gasteiger partial charge in [0.2, 0.25) is 5.91 Å². The Balaban J connectivity index is 1.82. The van der Waals surface area contributed by atoms with Crippen LogP contribution in [0.4, 0.5) is 0 Å². The molecule has 1 heterocycles. The van der Waals surface area contributed by atoms with Crippen molar-refractivity contribution in [1.29, 1.82) is 0 Å². The Bertz CT molecular complexity index is 501. The fourth-order valence-electron chi connectivity index (χ4n) is 3.16. The lowest BCUT2D eigenvalue weighted by atomic mass is 9.86. The second kappa shape index (κ2) is 7.96. The molecule has 2 rings (SSSR count). The van der Waals surface area contributed by atoms with E-state index in [0.29, 0.717) is 12.5 Å². The minimum atomic E-state index is 0.176. The molecule has 1 unspecified atom stereocenters. The molecule has 128 valence electrons. The van der Waals surface area contributed by atoms with Gasteiger partial charge in [0.1, 0.15) is 0 Å². The summed E-state index contributed by atoms with van der Waals surface area (Å²) in [6.45, 7) is 11.9. The minimum Gasteiger partial charge on any atom is -0.352 e. The van der Waals surface area contributed by atoms with E-state index in [9.17, 15) is 4.79 Å². The van der Waals surface area contributed by atoms with Gasteiger partial charge >= 0.3 is 0 Å². The first-order valence-electron chi connectivity index (χ1n) is 8.99. The van der Waals surface area contributed by atoms with Crippen molar-refractivity contribution in [2.24, 2.45) is 0 Å². The summed E-state index contributed by atoms with van der Waals surface area (Å²) in [5.74, 6) is 0.176. The molecule has 1 atom stereocenters. The van der Waals surface area contributed by atoms with Crippen LogP contribution in [0, 0.1) is 0 Å². The van der Waals surface area contributed by atoms with Gasteiger partial charge in [0, 0.05) is 25.6 Å². The highest BCUT2D eigenvalue weighted by atomic mass is 16.1. The number of piperidine rings is 1. The number of amides is 1. The standard InChI is InChI=1S/C20H32N2O/c1-5-19(23)21-18-7-6-13-22(15-18)14-12-16-8-10-17(11-9-16)20(2,3)4/h8-11,18H,5-7,12-15H2,1-4H3,(H,21,23). The van der Waals surface area contributed by atoms with Gasteiger partial charge in [-0.2, -0.15) is 0 Å². The van der Waals surface area contributed by atoms with Gasteiger partial charge in [-0.25, -0.2) is 0 Å². The van der Waals surface area contributed by atoms with Gasteiger partial charge in [-0.3, -0.25) is 4.79 Å². The number of nitrogens with one attached hydrogen (secondary N) is 1. The highest BCUT2D eigenvalue weighted by Crippen LogP contribution is 2.22. The third kappa shape index (κ3) is 5.65. The first-order chi connectivity index (χ1) is 10.9. The van der Waals surface area contributed by atoms with Crippen molar-refractivity contribution in [3.8, 4) is 0 Å². The number of hydrogen-bond acceptors (Lipinski definition) is 2. The Labute approximate surface area is 141 Å². The van der Waals surface area contributed by atoms with Gasteiger partial charge in [0.15, 0.2) is 0 Å². The van der Waals surface area contributed by atoms with Crippen LogP contribution in [0.1, 0.15) is 58.1 Å². The molecule has 1 aliphatic rings. The predicted octanol–water partition coefficient (Wildman–Crippen LogP) is 3.52. The van der Waals surface area contributed by atoms with Gasteiger partial charge in [-0.1, -0.05) is 52.0 Å². The maximum absolute atomic E-state index is 11.5. The number of benzene rings is 1. The van der Waals surface area contributed by atoms with E-state index in [0.717, 1.165) is 32.5 Å². The first kappa shape index (κ1) is 18.0. The van der Waals surface area contributed by atoms with E-state index in [4.69, 9.17) is 0 Å². The number of hydrogen-bond donors (Lipinski definition) is 1. The smallest absolute Gasteiger partial charge is 0.219 e. The molecular weight excluding hydrogens is 284 g/mol. The van der Waals surface area contributed by atoms with E-state index in [1.165, 1.54) is 17.5 Å². The van der Waals surface area contributed by atoms with E-state index < -0.39 is 0 Å². The quantitative estimate of drug-likeness (QED) is 0.901. The lowest BCUT2D eigenvalue weighted by Crippen LogP contribution is -2.48. The normalized spacial score (nSPS) is 19.6. The molecule has 1 N–H and O–H groups in total. The molecule has 1 saturated heterocycles. The average Bonchev–Trinajstić information content (AvgIpc) is 2.53. The van der Waals surface area contributed by atoms with Gasteiger partial charge < -0.3 is 10.2 Å². The second-order valence-corrected chi connectivity index (χ2v) is 7.76. The summed E-state index contributed by atoms with van der Waals surface area (Å²) >= 11 is 0. The fraction of sp³-hybridized carbons (Fsp3) is 0.650. The maximum atomic E-state index is 11.5. The molecule has 0 radical (unpaired) electrons. The van der Waals surface area contributed by atoms with E-state index >= 15 is 0 Å². The maximum Gasteiger partial charge on any atom is 0.219 e. The second-order valence-electron chi connectivity index (χ2n) is 7.76. The third-order valence-corrected chi connectivity index (χ3v) is 4.73. The molecule has 0 spiro atoms. The highest BCUT2D eigenvalue weighted by molar-refractivity contribution is 5.75. The van der Waals surface area contributed by atoms with E-state index in [1.54, 1.807) is 0 Å². The lowest BCUT2D eigenvalue weighted by Gasteiger charge is -2.33. The molecule has 0 saturated carbocycles. The van der Waals surface area contributed by atoms with Crippen molar-refractivity contribution < 1.29 is 4.79 Å². The van der Waals surface area contributed by atoms with Gasteiger partial charge in [0.05, 0.1) is 0 Å². The largest absolute Gasteiger partial charge is 0.352 e. The van der Waals surface area contributed by atoms with Crippen LogP contribution in [0.2, 0.25) is 0 Å². The van der Waals surface area contributed by atoms with Crippen LogP contribution >= 0.6 is 0 Å². The Kier molecular flexibility index (Phi) is 6.23. The minimum absolute atomic E-state index is 0.176. The van der Waals surface area contributed by atoms with Crippen molar-refractivity contribution >= 4 is 5.91 Å². The van der Waals surface area contributed by atoms with Crippen molar-refractivity contribution in [3.63, 3.8) is 0 Å². The number of likely N-dealkylation sites (tertiary alicyclic amines) is 1. The summed E-state index contributed by atoms with van der Waals surface area (Å²) in [4.78, 5) is 14.0. The average molecular weight is 316 g/mol. The van der Waals surface area contributed by atoms with Gasteiger partial charge in [-0.05, 0) is 42.3 Å². The van der Waals surface area contributed by atoms with Crippen molar-refractivity contribution in [2.75, 3.05) is 19.6 Å². The van der Waals surface area contributed by atoms with Crippen LogP contribution in [0.3, 0.4) is 0 Å². The van der Waals surface area contributed by atoms with E-state index in [2.05, 4.69) is 55.3 Å². The molecule has 0 aliphatic carbocycles. The van der Waals surface area contributed by atoms with E-state index in [-0.39, 0.29) is 11.3 Å². The van der Waals surface area contributed by atoms with Crippen molar-refractivity contribution in [3.05, 3.63) is 35.4 Å². The molecule has 0 aromatic heterocycles. The topological polar surface area (TPSA) is 32.3 Å². The molecule has 0 bridgehead atoms. The molecule has 1 fully saturated rings. The number of carbonyl (C=O) groups is 1. The van der Waals surface area contributed by atoms with Crippen LogP contribution in [-0.4, -0.2) is 36.5 Å². The summed E-state index contributed by atoms with van der Waals surface area (Å²) in [5, 5.41) is 3.14. The Morgan fingerprint density at radius 1 is 1.26 bits per heavy atom. The van der Waals surface area contributed by atoms with Crippen molar-refractivity contribution in [2.45, 2.75) is 64.8 Å². The molecule has 1 aliphatic heterocycles. The number of carbonyl (C=O) groups excluding carboxylic acids is 1. The number of nitrogens with zero attached hydrogens (tertiary/aromatic N) is 1. The number of rotatable bonds is 5. The summed E-state index contributed by atoms with van der Waals surface area (Å²) in [6.07, 6.45) is 3.95. The fourth-order valence-corrected chi connectivity index (χ4v) is 3.16. The molecule has 1 aromatic carbocycles. The summed E-state index contributed by atoms with van der Waals surface area (Å²) in [6, 6.07) is 9.38. The SMILES string of the molecule is CCC(=O)NC1CCCN(CCc2ccc(C(C)(C)C)cc2)C1. The summed E-state index contributed by atoms with van der Waals surface area (Å²) in [5.41, 5.74) is 3.01. The first-order valence-corrected chi connectivity index (χ1v) is 8.99. The molecule has 1 amide bonds. The predicted molar refractivity (Wildman–Crippen MR) is 96.7 cm³/mol. The van der Waals surface area contributed by atoms with Crippen LogP contribution in [0.5, 0.6) is 0 Å². The third-order valence-electron chi connectivity index (χ3n) is 4.73. The zero-order valence-corrected chi connectivity index (χ0v) is 15.2. The molecule has 23 heavy (non-hydrogen) atoms. The van der Waals surface area contributed by atoms with Gasteiger partial charge in [-0.15, -0.1) is 0 Å². The molecule has 3 heteroatoms. The summed E-state index contributed by atoms with van der Waals surface area (Å²) in [7, 11) is 0. The van der Waals surface area contributed by atoms with Crippen LogP contribution in [0.15, 0.2) is 24.3 Å². The molecular formula is C20H32N2O. The van der Waals surface area contributed by atoms with Crippen LogP contribution in [-0.2, 0) is 16.6 Å². The lowest BCUT2D eigenvalue weighted by molar-refractivity contribution is -0.121. The Hall–Kier alpha value is -1.35. The zero-order chi connectivity index (χ0) is 16.9. The highest BCUT2D eigenvalue weighted by Gasteiger charge is 2.20. The van der Waals surface area contributed by atoms with Crippen LogP contribution in [0.25, 0.3) is 0 Å². The molecule has 3 nitrogen and oxygen atoms in total. The Morgan fingerprint density at radius 3 is 2.57 bits per heavy atom. The summed E-state index contributed by atoms with van der Waals surface area (Å²) < 4.78 is 0. The van der Waals surface area contributed by atoms with E-state index in [1.807, 2.05) is 6.92 Å². The molecule has 1 aromatic rings. The Morgan fingerprint density at radius 2 is 1.96 bits per heavy atom. The van der Waals surface area contributed by atoms with Crippen LogP contribution < -0.4 is 5.32 Å². The van der Waals surface area contributed by atoms with Crippen molar-refractivity contribution in [1.82, 2.24) is 10.2 Å². The van der Waals surface area contributed by atoms with Gasteiger partial charge in [0.25, 0.3) is 0 Å².